The molecule has 0 aromatic heterocycles. The highest BCUT2D eigenvalue weighted by atomic mass is 16.5. The Morgan fingerprint density at radius 3 is 2.13 bits per heavy atom. The summed E-state index contributed by atoms with van der Waals surface area (Å²) in [5, 5.41) is 13.3. The normalized spacial score (nSPS) is 25.1. The molecule has 0 radical (unpaired) electrons. The molecule has 9 nitrogen and oxygen atoms in total. The Hall–Kier alpha value is -3.10. The summed E-state index contributed by atoms with van der Waals surface area (Å²) < 4.78 is 5.88. The zero-order valence-corrected chi connectivity index (χ0v) is 30.7. The first-order chi connectivity index (χ1) is 22.1. The van der Waals surface area contributed by atoms with Crippen molar-refractivity contribution in [2.45, 2.75) is 118 Å². The van der Waals surface area contributed by atoms with Gasteiger partial charge in [-0.25, -0.2) is 4.79 Å². The molecule has 0 bridgehead atoms. The van der Waals surface area contributed by atoms with E-state index < -0.39 is 5.91 Å². The van der Waals surface area contributed by atoms with Gasteiger partial charge >= 0.3 is 6.03 Å². The number of primary amides is 1. The van der Waals surface area contributed by atoms with E-state index in [0.717, 1.165) is 36.8 Å². The number of rotatable bonds is 18. The maximum atomic E-state index is 13.5. The van der Waals surface area contributed by atoms with Gasteiger partial charge in [-0.2, -0.15) is 0 Å². The van der Waals surface area contributed by atoms with Crippen molar-refractivity contribution in [3.05, 3.63) is 49.2 Å². The first-order valence-electron chi connectivity index (χ1n) is 18.1. The Morgan fingerprint density at radius 1 is 0.979 bits per heavy atom. The van der Waals surface area contributed by atoms with Crippen LogP contribution in [0.2, 0.25) is 0 Å². The van der Waals surface area contributed by atoms with Gasteiger partial charge < -0.3 is 36.6 Å². The largest absolute Gasteiger partial charge is 0.478 e. The van der Waals surface area contributed by atoms with Gasteiger partial charge in [0.05, 0.1) is 24.2 Å². The van der Waals surface area contributed by atoms with Gasteiger partial charge in [0.2, 0.25) is 5.91 Å². The fraction of sp³-hybridized carbons (Fsp3) is 0.737. The van der Waals surface area contributed by atoms with Crippen LogP contribution in [-0.2, 0) is 9.53 Å². The molecule has 4 rings (SSSR count). The molecule has 0 spiro atoms. The number of nitrogens with zero attached hydrogens (tertiary/aromatic N) is 1. The molecular formula is C38H66N6O3. The second kappa shape index (κ2) is 16.3. The second-order valence-corrected chi connectivity index (χ2v) is 15.7. The third-order valence-electron chi connectivity index (χ3n) is 10.7. The predicted octanol–water partition coefficient (Wildman–Crippen LogP) is 6.02. The molecule has 0 aromatic carbocycles. The number of hydrogen-bond donors (Lipinski definition) is 5. The molecule has 266 valence electrons. The summed E-state index contributed by atoms with van der Waals surface area (Å²) >= 11 is 0. The number of piperidine rings is 1. The molecule has 0 aromatic rings. The fourth-order valence-corrected chi connectivity index (χ4v) is 7.01. The van der Waals surface area contributed by atoms with Crippen molar-refractivity contribution in [3.8, 4) is 0 Å². The summed E-state index contributed by atoms with van der Waals surface area (Å²) in [5.41, 5.74) is 7.52. The maximum Gasteiger partial charge on any atom is 0.315 e. The van der Waals surface area contributed by atoms with Crippen LogP contribution in [0, 0.1) is 40.9 Å². The maximum absolute atomic E-state index is 13.5. The molecule has 1 heterocycles. The zero-order valence-electron chi connectivity index (χ0n) is 30.7. The molecule has 4 aliphatic rings. The van der Waals surface area contributed by atoms with E-state index in [-0.39, 0.29) is 41.5 Å². The number of nitrogens with two attached hydrogens (primary N) is 1. The van der Waals surface area contributed by atoms with Crippen molar-refractivity contribution in [2.75, 3.05) is 19.7 Å². The molecule has 1 saturated heterocycles. The molecule has 5 unspecified atom stereocenters. The fourth-order valence-electron chi connectivity index (χ4n) is 7.01. The number of carbonyl (C=O) groups excluding carboxylic acids is 2. The van der Waals surface area contributed by atoms with Crippen LogP contribution in [0.4, 0.5) is 4.79 Å². The molecule has 3 saturated carbocycles. The average Bonchev–Trinajstić information content (AvgIpc) is 3.88. The molecule has 47 heavy (non-hydrogen) atoms. The van der Waals surface area contributed by atoms with Gasteiger partial charge in [0.15, 0.2) is 5.88 Å². The molecule has 4 fully saturated rings. The molecular weight excluding hydrogens is 588 g/mol. The van der Waals surface area contributed by atoms with Crippen LogP contribution in [0.25, 0.3) is 0 Å². The van der Waals surface area contributed by atoms with E-state index in [2.05, 4.69) is 94.0 Å². The zero-order chi connectivity index (χ0) is 35.2. The first-order valence-corrected chi connectivity index (χ1v) is 18.1. The SMILES string of the molecule is C=C(NCC1CC1)OCC(NC(=O)NC(C(=C)N1C[C@@H]2C(C)[C@@H]2C1C(=C)NC(CC1CCC1)C(=C)C(N)=O)C(C)(C)C)C(C)C.CC. The first kappa shape index (κ1) is 38.3. The van der Waals surface area contributed by atoms with Crippen LogP contribution in [0.5, 0.6) is 0 Å². The van der Waals surface area contributed by atoms with Gasteiger partial charge in [0.25, 0.3) is 0 Å². The number of nitrogens with one attached hydrogen (secondary N) is 4. The van der Waals surface area contributed by atoms with Crippen LogP contribution in [0.3, 0.4) is 0 Å². The third kappa shape index (κ3) is 10.2. The van der Waals surface area contributed by atoms with Gasteiger partial charge in [-0.1, -0.05) is 94.4 Å². The molecule has 3 aliphatic carbocycles. The number of carbonyl (C=O) groups is 2. The van der Waals surface area contributed by atoms with Crippen LogP contribution in [0.15, 0.2) is 49.2 Å². The van der Waals surface area contributed by atoms with E-state index in [0.29, 0.717) is 41.7 Å². The topological polar surface area (TPSA) is 121 Å². The lowest BCUT2D eigenvalue weighted by molar-refractivity contribution is -0.114. The van der Waals surface area contributed by atoms with E-state index in [1.54, 1.807) is 0 Å². The lowest BCUT2D eigenvalue weighted by atomic mass is 9.79. The Labute approximate surface area is 285 Å². The monoisotopic (exact) mass is 655 g/mol. The van der Waals surface area contributed by atoms with Crippen molar-refractivity contribution in [2.24, 2.45) is 46.7 Å². The number of likely N-dealkylation sites (tertiary alicyclic amines) is 1. The molecule has 6 N–H and O–H groups in total. The van der Waals surface area contributed by atoms with Crippen LogP contribution in [0.1, 0.15) is 93.9 Å². The quantitative estimate of drug-likeness (QED) is 0.0911. The standard InChI is InChI=1S/C36H60N6O3.C2H6/c1-20(2)30(19-45-25(7)38-17-27-14-15-27)40-35(44)41-33(36(8,9)10)24(6)42-18-28-21(3)31(28)32(42)23(5)39-29(22(4)34(37)43)16-26-12-11-13-26;1-2/h20-21,26-33,38-39H,4-7,11-19H2,1-3,8-10H3,(H2,37,43)(H2,40,41,44);1-2H3/t21?,28-,29?,30?,31+,32?,33?;/m1./s1. The van der Waals surface area contributed by atoms with E-state index in [9.17, 15) is 9.59 Å². The molecule has 3 amide bonds. The summed E-state index contributed by atoms with van der Waals surface area (Å²) in [6.07, 6.45) is 6.90. The molecule has 1 aliphatic heterocycles. The smallest absolute Gasteiger partial charge is 0.315 e. The summed E-state index contributed by atoms with van der Waals surface area (Å²) in [6, 6.07) is -1.000. The van der Waals surface area contributed by atoms with E-state index in [1.807, 2.05) is 13.8 Å². The lowest BCUT2D eigenvalue weighted by Crippen LogP contribution is -2.56. The summed E-state index contributed by atoms with van der Waals surface area (Å²) in [7, 11) is 0. The van der Waals surface area contributed by atoms with E-state index in [1.165, 1.54) is 32.1 Å². The minimum atomic E-state index is -0.475. The minimum absolute atomic E-state index is 0.00254. The Morgan fingerprint density at radius 2 is 1.62 bits per heavy atom. The highest BCUT2D eigenvalue weighted by molar-refractivity contribution is 5.92. The van der Waals surface area contributed by atoms with E-state index in [4.69, 9.17) is 10.5 Å². The highest BCUT2D eigenvalue weighted by Crippen LogP contribution is 2.57. The lowest BCUT2D eigenvalue weighted by Gasteiger charge is -2.42. The number of fused-ring (bicyclic) bond motifs is 1. The van der Waals surface area contributed by atoms with Gasteiger partial charge in [-0.05, 0) is 66.8 Å². The van der Waals surface area contributed by atoms with E-state index >= 15 is 0 Å². The highest BCUT2D eigenvalue weighted by Gasteiger charge is 2.60. The molecule has 7 atom stereocenters. The van der Waals surface area contributed by atoms with Crippen LogP contribution >= 0.6 is 0 Å². The van der Waals surface area contributed by atoms with Crippen molar-refractivity contribution < 1.29 is 14.3 Å². The predicted molar refractivity (Wildman–Crippen MR) is 193 cm³/mol. The van der Waals surface area contributed by atoms with Crippen molar-refractivity contribution in [1.82, 2.24) is 26.2 Å². The number of amides is 3. The van der Waals surface area contributed by atoms with Crippen molar-refractivity contribution in [1.29, 1.82) is 0 Å². The van der Waals surface area contributed by atoms with Crippen LogP contribution in [-0.4, -0.2) is 60.7 Å². The number of ether oxygens (including phenoxy) is 1. The Bertz CT molecular complexity index is 1150. The summed E-state index contributed by atoms with van der Waals surface area (Å²) in [5.74, 6) is 3.07. The van der Waals surface area contributed by atoms with Gasteiger partial charge in [0.1, 0.15) is 6.61 Å². The molecule has 9 heteroatoms. The van der Waals surface area contributed by atoms with Gasteiger partial charge in [-0.3, -0.25) is 4.79 Å². The number of urea groups is 1. The summed E-state index contributed by atoms with van der Waals surface area (Å²) in [6.45, 7) is 36.0. The van der Waals surface area contributed by atoms with Gasteiger partial charge in [0, 0.05) is 30.1 Å². The summed E-state index contributed by atoms with van der Waals surface area (Å²) in [4.78, 5) is 28.0. The van der Waals surface area contributed by atoms with Crippen molar-refractivity contribution >= 4 is 11.9 Å². The van der Waals surface area contributed by atoms with Gasteiger partial charge in [-0.15, -0.1) is 0 Å². The Balaban J connectivity index is 0.00000294. The van der Waals surface area contributed by atoms with Crippen molar-refractivity contribution in [3.63, 3.8) is 0 Å². The number of hydrogen-bond acceptors (Lipinski definition) is 6. The van der Waals surface area contributed by atoms with Crippen LogP contribution < -0.4 is 27.0 Å². The second-order valence-electron chi connectivity index (χ2n) is 15.7. The Kier molecular flexibility index (Phi) is 13.3. The average molecular weight is 655 g/mol. The third-order valence-corrected chi connectivity index (χ3v) is 10.7. The minimum Gasteiger partial charge on any atom is -0.478 e.